The van der Waals surface area contributed by atoms with Gasteiger partial charge >= 0.3 is 6.03 Å². The van der Waals surface area contributed by atoms with Gasteiger partial charge in [-0.2, -0.15) is 0 Å². The van der Waals surface area contributed by atoms with Gasteiger partial charge in [0.05, 0.1) is 12.4 Å². The van der Waals surface area contributed by atoms with Crippen LogP contribution in [0.1, 0.15) is 45.6 Å². The number of carbonyl (C=O) groups is 1. The predicted octanol–water partition coefficient (Wildman–Crippen LogP) is 2.55. The average molecular weight is 412 g/mol. The molecule has 0 bridgehead atoms. The predicted molar refractivity (Wildman–Crippen MR) is 111 cm³/mol. The maximum atomic E-state index is 12.2. The molecule has 28 heavy (non-hydrogen) atoms. The van der Waals surface area contributed by atoms with Crippen LogP contribution in [0.25, 0.3) is 0 Å². The minimum Gasteiger partial charge on any atom is -0.493 e. The zero-order valence-electron chi connectivity index (χ0n) is 17.3. The summed E-state index contributed by atoms with van der Waals surface area (Å²) in [5, 5.41) is 2.78. The monoisotopic (exact) mass is 411 g/mol. The highest BCUT2D eigenvalue weighted by Gasteiger charge is 2.34. The van der Waals surface area contributed by atoms with E-state index in [2.05, 4.69) is 36.0 Å². The molecule has 0 radical (unpaired) electrons. The van der Waals surface area contributed by atoms with Gasteiger partial charge in [0.1, 0.15) is 5.75 Å². The van der Waals surface area contributed by atoms with Crippen LogP contribution in [0.4, 0.5) is 4.79 Å². The molecule has 158 valence electrons. The molecule has 1 fully saturated rings. The van der Waals surface area contributed by atoms with Crippen LogP contribution in [-0.4, -0.2) is 57.4 Å². The van der Waals surface area contributed by atoms with E-state index < -0.39 is 10.0 Å². The highest BCUT2D eigenvalue weighted by Crippen LogP contribution is 2.23. The molecule has 2 N–H and O–H groups in total. The van der Waals surface area contributed by atoms with E-state index in [-0.39, 0.29) is 23.7 Å². The molecule has 0 saturated carbocycles. The van der Waals surface area contributed by atoms with Crippen LogP contribution in [-0.2, 0) is 10.0 Å². The minimum absolute atomic E-state index is 0.00298. The summed E-state index contributed by atoms with van der Waals surface area (Å²) in [4.78, 5) is 13.8. The second kappa shape index (κ2) is 10.1. The number of hydrogen-bond acceptors (Lipinski definition) is 4. The molecule has 1 aromatic rings. The van der Waals surface area contributed by atoms with Crippen molar-refractivity contribution in [1.82, 2.24) is 14.9 Å². The van der Waals surface area contributed by atoms with E-state index in [0.717, 1.165) is 5.75 Å². The number of piperidine rings is 1. The van der Waals surface area contributed by atoms with Gasteiger partial charge < -0.3 is 15.0 Å². The van der Waals surface area contributed by atoms with Crippen molar-refractivity contribution in [2.24, 2.45) is 5.92 Å². The summed E-state index contributed by atoms with van der Waals surface area (Å²) >= 11 is 0. The Bertz CT molecular complexity index is 734. The average Bonchev–Trinajstić information content (AvgIpc) is 2.67. The normalized spacial score (nSPS) is 20.2. The highest BCUT2D eigenvalue weighted by molar-refractivity contribution is 7.89. The third kappa shape index (κ3) is 6.38. The Morgan fingerprint density at radius 2 is 1.93 bits per heavy atom. The number of ether oxygens (including phenoxy) is 1. The van der Waals surface area contributed by atoms with Gasteiger partial charge in [-0.1, -0.05) is 26.0 Å². The van der Waals surface area contributed by atoms with E-state index in [0.29, 0.717) is 38.6 Å². The Balaban J connectivity index is 2.04. The molecule has 1 aliphatic heterocycles. The van der Waals surface area contributed by atoms with Crippen LogP contribution in [0.3, 0.4) is 0 Å². The number of rotatable bonds is 8. The minimum atomic E-state index is -3.38. The first-order valence-electron chi connectivity index (χ1n) is 10.0. The number of urea groups is 1. The summed E-state index contributed by atoms with van der Waals surface area (Å²) in [6, 6.07) is 7.47. The second-order valence-corrected chi connectivity index (χ2v) is 9.54. The molecule has 0 spiro atoms. The van der Waals surface area contributed by atoms with Crippen molar-refractivity contribution in [2.75, 3.05) is 32.0 Å². The maximum Gasteiger partial charge on any atom is 0.317 e. The number of likely N-dealkylation sites (tertiary alicyclic amines) is 1. The third-order valence-electron chi connectivity index (χ3n) is 5.09. The fraction of sp³-hybridized carbons (Fsp3) is 0.650. The molecule has 1 saturated heterocycles. The van der Waals surface area contributed by atoms with Gasteiger partial charge in [0.2, 0.25) is 10.0 Å². The van der Waals surface area contributed by atoms with Gasteiger partial charge in [-0.15, -0.1) is 0 Å². The molecule has 1 aromatic carbocycles. The van der Waals surface area contributed by atoms with E-state index in [1.807, 2.05) is 19.1 Å². The molecule has 2 amide bonds. The van der Waals surface area contributed by atoms with Crippen molar-refractivity contribution in [3.63, 3.8) is 0 Å². The molecule has 0 aromatic heterocycles. The summed E-state index contributed by atoms with van der Waals surface area (Å²) in [5.41, 5.74) is 1.25. The van der Waals surface area contributed by atoms with Crippen LogP contribution in [0.2, 0.25) is 0 Å². The first-order chi connectivity index (χ1) is 13.3. The Hall–Kier alpha value is -1.80. The lowest BCUT2D eigenvalue weighted by Crippen LogP contribution is -2.57. The molecule has 1 heterocycles. The van der Waals surface area contributed by atoms with E-state index in [1.165, 1.54) is 5.56 Å². The summed E-state index contributed by atoms with van der Waals surface area (Å²) in [6.07, 6.45) is 0.679. The summed E-state index contributed by atoms with van der Waals surface area (Å²) in [6.45, 7) is 9.61. The Morgan fingerprint density at radius 3 is 2.50 bits per heavy atom. The largest absolute Gasteiger partial charge is 0.493 e. The number of amides is 2. The van der Waals surface area contributed by atoms with E-state index in [1.54, 1.807) is 11.8 Å². The van der Waals surface area contributed by atoms with Crippen molar-refractivity contribution in [2.45, 2.75) is 46.1 Å². The molecule has 1 aliphatic rings. The molecule has 2 unspecified atom stereocenters. The number of nitrogens with zero attached hydrogens (tertiary/aromatic N) is 1. The molecule has 2 rings (SSSR count). The Labute approximate surface area is 168 Å². The van der Waals surface area contributed by atoms with Gasteiger partial charge in [0, 0.05) is 31.6 Å². The molecule has 0 aliphatic carbocycles. The van der Waals surface area contributed by atoms with Gasteiger partial charge in [0.25, 0.3) is 0 Å². The van der Waals surface area contributed by atoms with Gasteiger partial charge in [0.15, 0.2) is 0 Å². The van der Waals surface area contributed by atoms with Crippen LogP contribution >= 0.6 is 0 Å². The number of carbonyl (C=O) groups excluding carboxylic acids is 1. The zero-order chi connectivity index (χ0) is 20.7. The molecule has 7 nitrogen and oxygen atoms in total. The van der Waals surface area contributed by atoms with Crippen molar-refractivity contribution >= 4 is 16.1 Å². The molecular weight excluding hydrogens is 378 g/mol. The maximum absolute atomic E-state index is 12.2. The fourth-order valence-corrected chi connectivity index (χ4v) is 4.14. The van der Waals surface area contributed by atoms with Crippen LogP contribution in [0.15, 0.2) is 24.3 Å². The summed E-state index contributed by atoms with van der Waals surface area (Å²) in [7, 11) is -3.38. The molecule has 8 heteroatoms. The van der Waals surface area contributed by atoms with Crippen molar-refractivity contribution in [1.29, 1.82) is 0 Å². The van der Waals surface area contributed by atoms with Crippen molar-refractivity contribution < 1.29 is 17.9 Å². The number of sulfonamides is 1. The summed E-state index contributed by atoms with van der Waals surface area (Å²) < 4.78 is 32.9. The first kappa shape index (κ1) is 22.5. The number of hydrogen-bond donors (Lipinski definition) is 2. The van der Waals surface area contributed by atoms with E-state index >= 15 is 0 Å². The lowest BCUT2D eigenvalue weighted by atomic mass is 9.93. The lowest BCUT2D eigenvalue weighted by molar-refractivity contribution is 0.123. The lowest BCUT2D eigenvalue weighted by Gasteiger charge is -2.38. The SMILES string of the molecule is CCNC(=O)N1CCC(COc2ccc(C(C)C)cc2)C(NS(=O)(=O)CC)C1. The Kier molecular flexibility index (Phi) is 8.12. The first-order valence-corrected chi connectivity index (χ1v) is 11.7. The zero-order valence-corrected chi connectivity index (χ0v) is 18.1. The number of nitrogens with one attached hydrogen (secondary N) is 2. The van der Waals surface area contributed by atoms with Crippen LogP contribution in [0, 0.1) is 5.92 Å². The van der Waals surface area contributed by atoms with Gasteiger partial charge in [-0.05, 0) is 43.9 Å². The highest BCUT2D eigenvalue weighted by atomic mass is 32.2. The smallest absolute Gasteiger partial charge is 0.317 e. The molecular formula is C20H33N3O4S. The fourth-order valence-electron chi connectivity index (χ4n) is 3.25. The second-order valence-electron chi connectivity index (χ2n) is 7.49. The van der Waals surface area contributed by atoms with E-state index in [9.17, 15) is 13.2 Å². The third-order valence-corrected chi connectivity index (χ3v) is 6.51. The van der Waals surface area contributed by atoms with E-state index in [4.69, 9.17) is 4.74 Å². The quantitative estimate of drug-likeness (QED) is 0.688. The van der Waals surface area contributed by atoms with Crippen molar-refractivity contribution in [3.8, 4) is 5.75 Å². The van der Waals surface area contributed by atoms with Crippen LogP contribution < -0.4 is 14.8 Å². The van der Waals surface area contributed by atoms with Crippen molar-refractivity contribution in [3.05, 3.63) is 29.8 Å². The molecule has 2 atom stereocenters. The van der Waals surface area contributed by atoms with Gasteiger partial charge in [-0.3, -0.25) is 0 Å². The standard InChI is InChI=1S/C20H33N3O4S/c1-5-21-20(24)23-12-11-17(19(13-23)22-28(25,26)6-2)14-27-18-9-7-16(8-10-18)15(3)4/h7-10,15,17,19,22H,5-6,11-14H2,1-4H3,(H,21,24). The Morgan fingerprint density at radius 1 is 1.25 bits per heavy atom. The topological polar surface area (TPSA) is 87.7 Å². The van der Waals surface area contributed by atoms with Crippen LogP contribution in [0.5, 0.6) is 5.75 Å². The number of benzene rings is 1. The van der Waals surface area contributed by atoms with Gasteiger partial charge in [-0.25, -0.2) is 17.9 Å². The summed E-state index contributed by atoms with van der Waals surface area (Å²) in [5.74, 6) is 1.24.